The lowest BCUT2D eigenvalue weighted by Crippen LogP contribution is -2.33. The number of H-pyrrole nitrogens is 1. The summed E-state index contributed by atoms with van der Waals surface area (Å²) in [6.45, 7) is 4.82. The first-order valence-corrected chi connectivity index (χ1v) is 6.93. The molecule has 0 aliphatic rings. The van der Waals surface area contributed by atoms with Crippen LogP contribution in [0.3, 0.4) is 0 Å². The summed E-state index contributed by atoms with van der Waals surface area (Å²) in [4.78, 5) is 28.2. The molecule has 0 amide bonds. The lowest BCUT2D eigenvalue weighted by atomic mass is 10.0. The zero-order chi connectivity index (χ0) is 15.7. The van der Waals surface area contributed by atoms with Gasteiger partial charge in [-0.1, -0.05) is 13.8 Å². The van der Waals surface area contributed by atoms with Crippen molar-refractivity contribution in [3.63, 3.8) is 0 Å². The molecule has 0 saturated heterocycles. The highest BCUT2D eigenvalue weighted by Crippen LogP contribution is 2.22. The normalized spacial score (nSPS) is 13.2. The topological polar surface area (TPSA) is 78.3 Å². The van der Waals surface area contributed by atoms with E-state index in [9.17, 15) is 9.59 Å². The number of aromatic amines is 1. The number of imidazole rings is 1. The Morgan fingerprint density at radius 1 is 1.38 bits per heavy atom. The number of likely N-dealkylation sites (N-methyl/N-ethyl adjacent to an activating group) is 1. The van der Waals surface area contributed by atoms with E-state index in [0.717, 1.165) is 0 Å². The third-order valence-electron chi connectivity index (χ3n) is 3.62. The van der Waals surface area contributed by atoms with Crippen molar-refractivity contribution in [3.05, 3.63) is 34.2 Å². The standard InChI is InChI=1S/C15H21N3O3/c1-9(2)13(8-17(3)4)18-12-7-10(14(19)20)5-6-11(12)16-15(18)21/h5-7,9,13H,8H2,1-4H3,(H,16,21)(H,19,20). The van der Waals surface area contributed by atoms with Crippen molar-refractivity contribution in [3.8, 4) is 0 Å². The summed E-state index contributed by atoms with van der Waals surface area (Å²) in [7, 11) is 3.91. The van der Waals surface area contributed by atoms with E-state index in [4.69, 9.17) is 5.11 Å². The van der Waals surface area contributed by atoms with Crippen LogP contribution in [0.25, 0.3) is 11.0 Å². The van der Waals surface area contributed by atoms with Crippen molar-refractivity contribution in [2.45, 2.75) is 19.9 Å². The van der Waals surface area contributed by atoms with Gasteiger partial charge in [0.05, 0.1) is 22.6 Å². The summed E-state index contributed by atoms with van der Waals surface area (Å²) in [6, 6.07) is 4.68. The van der Waals surface area contributed by atoms with Gasteiger partial charge in [-0.05, 0) is 38.2 Å². The summed E-state index contributed by atoms with van der Waals surface area (Å²) in [5.74, 6) is -0.747. The van der Waals surface area contributed by atoms with Crippen LogP contribution >= 0.6 is 0 Å². The molecule has 6 heteroatoms. The average Bonchev–Trinajstić information content (AvgIpc) is 2.70. The summed E-state index contributed by atoms with van der Waals surface area (Å²) >= 11 is 0. The van der Waals surface area contributed by atoms with Gasteiger partial charge in [0, 0.05) is 6.54 Å². The maximum absolute atomic E-state index is 12.3. The number of aromatic carboxylic acids is 1. The molecule has 0 spiro atoms. The van der Waals surface area contributed by atoms with Crippen molar-refractivity contribution >= 4 is 17.0 Å². The van der Waals surface area contributed by atoms with Crippen LogP contribution in [0.1, 0.15) is 30.2 Å². The molecule has 2 aromatic rings. The molecule has 0 fully saturated rings. The third kappa shape index (κ3) is 3.00. The second-order valence-corrected chi connectivity index (χ2v) is 5.91. The van der Waals surface area contributed by atoms with Crippen LogP contribution in [0, 0.1) is 5.92 Å². The minimum atomic E-state index is -0.995. The number of rotatable bonds is 5. The molecule has 6 nitrogen and oxygen atoms in total. The van der Waals surface area contributed by atoms with Gasteiger partial charge in [-0.25, -0.2) is 9.59 Å². The van der Waals surface area contributed by atoms with E-state index in [1.165, 1.54) is 6.07 Å². The molecule has 21 heavy (non-hydrogen) atoms. The summed E-state index contributed by atoms with van der Waals surface area (Å²) in [5.41, 5.74) is 1.28. The monoisotopic (exact) mass is 291 g/mol. The van der Waals surface area contributed by atoms with Gasteiger partial charge in [0.25, 0.3) is 0 Å². The maximum atomic E-state index is 12.3. The smallest absolute Gasteiger partial charge is 0.335 e. The fraction of sp³-hybridized carbons (Fsp3) is 0.467. The lowest BCUT2D eigenvalue weighted by molar-refractivity contribution is 0.0697. The molecule has 1 aromatic heterocycles. The van der Waals surface area contributed by atoms with Crippen LogP contribution in [0.4, 0.5) is 0 Å². The number of hydrogen-bond donors (Lipinski definition) is 2. The highest BCUT2D eigenvalue weighted by atomic mass is 16.4. The second-order valence-electron chi connectivity index (χ2n) is 5.91. The first-order valence-electron chi connectivity index (χ1n) is 6.93. The Balaban J connectivity index is 2.65. The van der Waals surface area contributed by atoms with E-state index in [1.54, 1.807) is 16.7 Å². The molecule has 0 aliphatic carbocycles. The van der Waals surface area contributed by atoms with Crippen molar-refractivity contribution in [1.82, 2.24) is 14.5 Å². The van der Waals surface area contributed by atoms with Crippen molar-refractivity contribution in [1.29, 1.82) is 0 Å². The molecule has 0 radical (unpaired) electrons. The minimum Gasteiger partial charge on any atom is -0.478 e. The molecular formula is C15H21N3O3. The molecule has 2 N–H and O–H groups in total. The maximum Gasteiger partial charge on any atom is 0.335 e. The van der Waals surface area contributed by atoms with E-state index in [-0.39, 0.29) is 23.2 Å². The minimum absolute atomic E-state index is 0.0229. The van der Waals surface area contributed by atoms with Gasteiger partial charge in [0.1, 0.15) is 0 Å². The zero-order valence-corrected chi connectivity index (χ0v) is 12.8. The van der Waals surface area contributed by atoms with Gasteiger partial charge < -0.3 is 15.0 Å². The first kappa shape index (κ1) is 15.3. The van der Waals surface area contributed by atoms with Gasteiger partial charge in [-0.2, -0.15) is 0 Å². The predicted octanol–water partition coefficient (Wildman–Crippen LogP) is 1.79. The highest BCUT2D eigenvalue weighted by Gasteiger charge is 2.21. The molecule has 114 valence electrons. The molecule has 1 aromatic carbocycles. The Morgan fingerprint density at radius 3 is 2.57 bits per heavy atom. The molecule has 1 heterocycles. The summed E-state index contributed by atoms with van der Waals surface area (Å²) < 4.78 is 1.67. The molecule has 1 atom stereocenters. The third-order valence-corrected chi connectivity index (χ3v) is 3.62. The molecule has 0 aliphatic heterocycles. The van der Waals surface area contributed by atoms with E-state index >= 15 is 0 Å². The van der Waals surface area contributed by atoms with Crippen LogP contribution in [0.5, 0.6) is 0 Å². The Hall–Kier alpha value is -2.08. The molecule has 0 bridgehead atoms. The lowest BCUT2D eigenvalue weighted by Gasteiger charge is -2.25. The van der Waals surface area contributed by atoms with E-state index in [0.29, 0.717) is 17.6 Å². The number of nitrogens with one attached hydrogen (secondary N) is 1. The van der Waals surface area contributed by atoms with Crippen LogP contribution in [0.2, 0.25) is 0 Å². The Kier molecular flexibility index (Phi) is 4.18. The van der Waals surface area contributed by atoms with Crippen molar-refractivity contribution in [2.24, 2.45) is 5.92 Å². The van der Waals surface area contributed by atoms with Gasteiger partial charge in [-0.3, -0.25) is 4.57 Å². The average molecular weight is 291 g/mol. The summed E-state index contributed by atoms with van der Waals surface area (Å²) in [6.07, 6.45) is 0. The van der Waals surface area contributed by atoms with E-state index in [2.05, 4.69) is 18.8 Å². The Morgan fingerprint density at radius 2 is 2.05 bits per heavy atom. The number of fused-ring (bicyclic) bond motifs is 1. The fourth-order valence-electron chi connectivity index (χ4n) is 2.55. The first-order chi connectivity index (χ1) is 9.81. The number of hydrogen-bond acceptors (Lipinski definition) is 3. The van der Waals surface area contributed by atoms with Crippen molar-refractivity contribution in [2.75, 3.05) is 20.6 Å². The van der Waals surface area contributed by atoms with Crippen LogP contribution in [-0.2, 0) is 0 Å². The van der Waals surface area contributed by atoms with Gasteiger partial charge in [-0.15, -0.1) is 0 Å². The molecule has 0 saturated carbocycles. The number of aromatic nitrogens is 2. The van der Waals surface area contributed by atoms with Gasteiger partial charge >= 0.3 is 11.7 Å². The Bertz CT molecular complexity index is 713. The number of carboxylic acids is 1. The fourth-order valence-corrected chi connectivity index (χ4v) is 2.55. The van der Waals surface area contributed by atoms with E-state index < -0.39 is 5.97 Å². The predicted molar refractivity (Wildman–Crippen MR) is 81.9 cm³/mol. The van der Waals surface area contributed by atoms with Gasteiger partial charge in [0.15, 0.2) is 0 Å². The quantitative estimate of drug-likeness (QED) is 0.880. The SMILES string of the molecule is CC(C)C(CN(C)C)n1c(=O)[nH]c2ccc(C(=O)O)cc21. The van der Waals surface area contributed by atoms with Crippen LogP contribution in [0.15, 0.2) is 23.0 Å². The van der Waals surface area contributed by atoms with E-state index in [1.807, 2.05) is 19.0 Å². The second kappa shape index (κ2) is 5.73. The highest BCUT2D eigenvalue weighted by molar-refractivity contribution is 5.92. The largest absolute Gasteiger partial charge is 0.478 e. The number of carbonyl (C=O) groups is 1. The number of benzene rings is 1. The number of nitrogens with zero attached hydrogens (tertiary/aromatic N) is 2. The molecule has 2 rings (SSSR count). The number of carboxylic acid groups (broad SMARTS) is 1. The summed E-state index contributed by atoms with van der Waals surface area (Å²) in [5, 5.41) is 9.13. The van der Waals surface area contributed by atoms with Crippen molar-refractivity contribution < 1.29 is 9.90 Å². The van der Waals surface area contributed by atoms with Gasteiger partial charge in [0.2, 0.25) is 0 Å². The van der Waals surface area contributed by atoms with Crippen LogP contribution < -0.4 is 5.69 Å². The molecule has 1 unspecified atom stereocenters. The molecular weight excluding hydrogens is 270 g/mol. The van der Waals surface area contributed by atoms with Crippen LogP contribution in [-0.4, -0.2) is 46.2 Å². The zero-order valence-electron chi connectivity index (χ0n) is 12.8. The Labute approximate surface area is 123 Å².